The number of nitriles is 1. The van der Waals surface area contributed by atoms with Crippen LogP contribution in [0.5, 0.6) is 11.5 Å². The molecule has 0 bridgehead atoms. The van der Waals surface area contributed by atoms with E-state index in [2.05, 4.69) is 4.99 Å². The minimum Gasteiger partial charge on any atom is -0.493 e. The zero-order valence-electron chi connectivity index (χ0n) is 19.8. The van der Waals surface area contributed by atoms with Gasteiger partial charge in [0.2, 0.25) is 0 Å². The second-order valence-corrected chi connectivity index (χ2v) is 9.10. The molecule has 0 saturated heterocycles. The number of carbonyl (C=O) groups is 1. The number of nitrogens with zero attached hydrogens (tertiary/aromatic N) is 3. The summed E-state index contributed by atoms with van der Waals surface area (Å²) in [6, 6.07) is 13.8. The number of thiazole rings is 1. The number of fused-ring (bicyclic) bond motifs is 1. The maximum atomic E-state index is 13.7. The van der Waals surface area contributed by atoms with Gasteiger partial charge in [-0.15, -0.1) is 0 Å². The summed E-state index contributed by atoms with van der Waals surface area (Å²) in [6.07, 6.45) is 2.18. The molecule has 1 aromatic heterocycles. The number of hydrogen-bond donors (Lipinski definition) is 0. The predicted octanol–water partition coefficient (Wildman–Crippen LogP) is 3.36. The highest BCUT2D eigenvalue weighted by molar-refractivity contribution is 7.07. The molecule has 1 aliphatic heterocycles. The lowest BCUT2D eigenvalue weighted by Crippen LogP contribution is -2.40. The summed E-state index contributed by atoms with van der Waals surface area (Å²) in [5, 5.41) is 9.05. The van der Waals surface area contributed by atoms with Gasteiger partial charge in [0.15, 0.2) is 22.9 Å². The second-order valence-electron chi connectivity index (χ2n) is 7.68. The molecular formula is C26H22ClN3O5S. The summed E-state index contributed by atoms with van der Waals surface area (Å²) in [4.78, 5) is 31.7. The Balaban J connectivity index is 1.93. The van der Waals surface area contributed by atoms with Crippen molar-refractivity contribution in [3.63, 3.8) is 0 Å². The van der Waals surface area contributed by atoms with E-state index in [0.717, 1.165) is 5.56 Å². The quantitative estimate of drug-likeness (QED) is 0.440. The van der Waals surface area contributed by atoms with E-state index in [9.17, 15) is 9.59 Å². The van der Waals surface area contributed by atoms with Gasteiger partial charge in [0.25, 0.3) is 5.56 Å². The normalized spacial score (nSPS) is 15.1. The number of rotatable bonds is 7. The summed E-state index contributed by atoms with van der Waals surface area (Å²) in [5.41, 5.74) is 1.99. The van der Waals surface area contributed by atoms with Crippen LogP contribution in [0.15, 0.2) is 63.5 Å². The standard InChI is InChI=1S/C26H22ClN3O5S/c1-4-18-21(25(32)34-3)22(16-8-6-5-7-9-16)30-24(31)20(36-26(30)29-18)14-15-12-17(27)23(35-11-10-28)19(13-15)33-2/h5-9,12-14,22H,4,11H2,1-3H3/b20-14-/t22-/m1/s1. The highest BCUT2D eigenvalue weighted by atomic mass is 35.5. The summed E-state index contributed by atoms with van der Waals surface area (Å²) in [6.45, 7) is 1.72. The lowest BCUT2D eigenvalue weighted by molar-refractivity contribution is -0.136. The van der Waals surface area contributed by atoms with Crippen molar-refractivity contribution in [2.75, 3.05) is 20.8 Å². The molecule has 0 amide bonds. The molecule has 1 atom stereocenters. The Morgan fingerprint density at radius 3 is 2.67 bits per heavy atom. The van der Waals surface area contributed by atoms with Crippen LogP contribution in [0, 0.1) is 11.3 Å². The highest BCUT2D eigenvalue weighted by Gasteiger charge is 2.33. The topological polar surface area (TPSA) is 103 Å². The molecule has 2 aromatic carbocycles. The van der Waals surface area contributed by atoms with Crippen molar-refractivity contribution >= 4 is 35.0 Å². The fourth-order valence-corrected chi connectivity index (χ4v) is 5.33. The number of benzene rings is 2. The minimum absolute atomic E-state index is 0.185. The third-order valence-electron chi connectivity index (χ3n) is 5.60. The first kappa shape index (κ1) is 25.2. The van der Waals surface area contributed by atoms with Gasteiger partial charge < -0.3 is 14.2 Å². The zero-order valence-corrected chi connectivity index (χ0v) is 21.4. The van der Waals surface area contributed by atoms with Crippen LogP contribution in [-0.2, 0) is 9.53 Å². The largest absolute Gasteiger partial charge is 0.493 e. The van der Waals surface area contributed by atoms with Gasteiger partial charge in [0.1, 0.15) is 6.07 Å². The average molecular weight is 524 g/mol. The monoisotopic (exact) mass is 523 g/mol. The molecule has 184 valence electrons. The number of methoxy groups -OCH3 is 2. The number of esters is 1. The van der Waals surface area contributed by atoms with Gasteiger partial charge in [0, 0.05) is 0 Å². The SMILES string of the molecule is CCC1=C(C(=O)OC)[C@@H](c2ccccc2)n2c(s/c(=C\c3cc(Cl)c(OCC#N)c(OC)c3)c2=O)=N1. The fraction of sp³-hybridized carbons (Fsp3) is 0.231. The first-order valence-corrected chi connectivity index (χ1v) is 12.2. The van der Waals surface area contributed by atoms with E-state index in [4.69, 9.17) is 31.1 Å². The Kier molecular flexibility index (Phi) is 7.58. The van der Waals surface area contributed by atoms with Crippen molar-refractivity contribution in [3.05, 3.63) is 89.6 Å². The number of carbonyl (C=O) groups excluding carboxylic acids is 1. The van der Waals surface area contributed by atoms with Crippen LogP contribution in [0.25, 0.3) is 6.08 Å². The molecule has 2 heterocycles. The Labute approximate surface area is 215 Å². The molecule has 0 N–H and O–H groups in total. The van der Waals surface area contributed by atoms with E-state index in [1.807, 2.05) is 43.3 Å². The van der Waals surface area contributed by atoms with Gasteiger partial charge in [-0.2, -0.15) is 5.26 Å². The van der Waals surface area contributed by atoms with Crippen LogP contribution in [0.2, 0.25) is 5.02 Å². The van der Waals surface area contributed by atoms with Crippen molar-refractivity contribution in [1.29, 1.82) is 5.26 Å². The molecule has 0 spiro atoms. The second kappa shape index (κ2) is 10.8. The smallest absolute Gasteiger partial charge is 0.338 e. The van der Waals surface area contributed by atoms with Crippen LogP contribution in [0.3, 0.4) is 0 Å². The number of ether oxygens (including phenoxy) is 3. The third kappa shape index (κ3) is 4.65. The summed E-state index contributed by atoms with van der Waals surface area (Å²) in [7, 11) is 2.78. The van der Waals surface area contributed by atoms with Gasteiger partial charge >= 0.3 is 5.97 Å². The van der Waals surface area contributed by atoms with E-state index in [0.29, 0.717) is 38.3 Å². The van der Waals surface area contributed by atoms with Gasteiger partial charge in [-0.05, 0) is 35.8 Å². The Bertz CT molecular complexity index is 1570. The molecule has 0 aliphatic carbocycles. The van der Waals surface area contributed by atoms with E-state index < -0.39 is 12.0 Å². The number of halogens is 1. The molecule has 10 heteroatoms. The number of allylic oxidation sites excluding steroid dienone is 1. The van der Waals surface area contributed by atoms with Crippen LogP contribution in [0.4, 0.5) is 0 Å². The maximum Gasteiger partial charge on any atom is 0.338 e. The lowest BCUT2D eigenvalue weighted by Gasteiger charge is -2.25. The van der Waals surface area contributed by atoms with Crippen molar-refractivity contribution in [2.45, 2.75) is 19.4 Å². The first-order valence-electron chi connectivity index (χ1n) is 11.0. The fourth-order valence-electron chi connectivity index (χ4n) is 4.03. The molecule has 36 heavy (non-hydrogen) atoms. The van der Waals surface area contributed by atoms with E-state index in [1.165, 1.54) is 30.1 Å². The Hall–Kier alpha value is -3.87. The van der Waals surface area contributed by atoms with E-state index >= 15 is 0 Å². The van der Waals surface area contributed by atoms with Gasteiger partial charge in [-0.25, -0.2) is 9.79 Å². The van der Waals surface area contributed by atoms with Crippen molar-refractivity contribution in [2.24, 2.45) is 4.99 Å². The molecule has 0 unspecified atom stereocenters. The van der Waals surface area contributed by atoms with Crippen molar-refractivity contribution in [3.8, 4) is 17.6 Å². The molecule has 0 radical (unpaired) electrons. The lowest BCUT2D eigenvalue weighted by atomic mass is 9.95. The maximum absolute atomic E-state index is 13.7. The Morgan fingerprint density at radius 2 is 2.03 bits per heavy atom. The van der Waals surface area contributed by atoms with E-state index in [-0.39, 0.29) is 22.9 Å². The molecule has 4 rings (SSSR count). The van der Waals surface area contributed by atoms with Gasteiger partial charge in [-0.3, -0.25) is 9.36 Å². The van der Waals surface area contributed by atoms with Crippen molar-refractivity contribution in [1.82, 2.24) is 4.57 Å². The first-order chi connectivity index (χ1) is 17.4. The minimum atomic E-state index is -0.674. The van der Waals surface area contributed by atoms with Crippen molar-refractivity contribution < 1.29 is 19.0 Å². The van der Waals surface area contributed by atoms with Crippen LogP contribution < -0.4 is 24.4 Å². The predicted molar refractivity (Wildman–Crippen MR) is 136 cm³/mol. The number of hydrogen-bond acceptors (Lipinski definition) is 8. The average Bonchev–Trinajstić information content (AvgIpc) is 3.20. The zero-order chi connectivity index (χ0) is 25.8. The summed E-state index contributed by atoms with van der Waals surface area (Å²) >= 11 is 7.59. The third-order valence-corrected chi connectivity index (χ3v) is 6.86. The van der Waals surface area contributed by atoms with Crippen LogP contribution >= 0.6 is 22.9 Å². The van der Waals surface area contributed by atoms with Gasteiger partial charge in [0.05, 0.1) is 41.1 Å². The van der Waals surface area contributed by atoms with Crippen LogP contribution in [-0.4, -0.2) is 31.4 Å². The molecular weight excluding hydrogens is 502 g/mol. The molecule has 0 fully saturated rings. The summed E-state index contributed by atoms with van der Waals surface area (Å²) in [5.74, 6) is 0.0575. The number of aromatic nitrogens is 1. The summed E-state index contributed by atoms with van der Waals surface area (Å²) < 4.78 is 17.8. The van der Waals surface area contributed by atoms with E-state index in [1.54, 1.807) is 18.2 Å². The molecule has 1 aliphatic rings. The van der Waals surface area contributed by atoms with Gasteiger partial charge in [-0.1, -0.05) is 60.2 Å². The molecule has 3 aromatic rings. The molecule has 8 nitrogen and oxygen atoms in total. The molecule has 0 saturated carbocycles. The van der Waals surface area contributed by atoms with Crippen LogP contribution in [0.1, 0.15) is 30.5 Å². The highest BCUT2D eigenvalue weighted by Crippen LogP contribution is 2.36. The Morgan fingerprint density at radius 1 is 1.28 bits per heavy atom.